The van der Waals surface area contributed by atoms with Crippen LogP contribution in [0.1, 0.15) is 70.4 Å². The van der Waals surface area contributed by atoms with E-state index in [-0.39, 0.29) is 11.9 Å². The lowest BCUT2D eigenvalue weighted by molar-refractivity contribution is 0.0601. The molecule has 1 saturated heterocycles. The second kappa shape index (κ2) is 6.11. The molecule has 1 atom stereocenters. The number of thiophene rings is 1. The largest absolute Gasteiger partial charge is 0.361 e. The Bertz CT molecular complexity index is 718. The number of nitrogens with zero attached hydrogens (tertiary/aromatic N) is 2. The highest BCUT2D eigenvalue weighted by Gasteiger charge is 2.32. The summed E-state index contributed by atoms with van der Waals surface area (Å²) in [6.45, 7) is 2.72. The number of likely N-dealkylation sites (tertiary alicyclic amines) is 1. The van der Waals surface area contributed by atoms with Gasteiger partial charge in [0.1, 0.15) is 11.5 Å². The fourth-order valence-electron chi connectivity index (χ4n) is 3.85. The van der Waals surface area contributed by atoms with E-state index in [0.29, 0.717) is 0 Å². The number of aryl methyl sites for hydroxylation is 2. The Morgan fingerprint density at radius 1 is 1.30 bits per heavy atom. The van der Waals surface area contributed by atoms with Gasteiger partial charge in [0.25, 0.3) is 5.91 Å². The molecular formula is C18H22N2O2S. The molecule has 5 heteroatoms. The summed E-state index contributed by atoms with van der Waals surface area (Å²) in [6, 6.07) is 2.03. The van der Waals surface area contributed by atoms with Crippen LogP contribution in [0.5, 0.6) is 0 Å². The Labute approximate surface area is 140 Å². The number of piperidine rings is 1. The molecule has 2 aromatic heterocycles. The topological polar surface area (TPSA) is 46.3 Å². The predicted molar refractivity (Wildman–Crippen MR) is 89.8 cm³/mol. The maximum Gasteiger partial charge on any atom is 0.255 e. The highest BCUT2D eigenvalue weighted by molar-refractivity contribution is 7.10. The molecule has 0 saturated carbocycles. The molecule has 1 aliphatic carbocycles. The third kappa shape index (κ3) is 2.71. The molecule has 4 rings (SSSR count). The summed E-state index contributed by atoms with van der Waals surface area (Å²) >= 11 is 1.76. The van der Waals surface area contributed by atoms with Crippen molar-refractivity contribution in [2.45, 2.75) is 57.9 Å². The van der Waals surface area contributed by atoms with Crippen LogP contribution in [0.25, 0.3) is 0 Å². The van der Waals surface area contributed by atoms with Crippen LogP contribution in [0.3, 0.4) is 0 Å². The van der Waals surface area contributed by atoms with Gasteiger partial charge >= 0.3 is 0 Å². The van der Waals surface area contributed by atoms with Crippen LogP contribution in [-0.4, -0.2) is 22.5 Å². The summed E-state index contributed by atoms with van der Waals surface area (Å²) in [5, 5.41) is 6.26. The van der Waals surface area contributed by atoms with E-state index in [9.17, 15) is 4.79 Å². The molecule has 0 radical (unpaired) electrons. The van der Waals surface area contributed by atoms with E-state index >= 15 is 0 Å². The molecule has 0 spiro atoms. The molecule has 1 unspecified atom stereocenters. The van der Waals surface area contributed by atoms with Crippen LogP contribution < -0.4 is 0 Å². The third-order valence-corrected chi connectivity index (χ3v) is 6.13. The Kier molecular flexibility index (Phi) is 3.97. The lowest BCUT2D eigenvalue weighted by atomic mass is 9.93. The quantitative estimate of drug-likeness (QED) is 0.825. The first-order chi connectivity index (χ1) is 11.2. The van der Waals surface area contributed by atoms with Gasteiger partial charge in [0.05, 0.1) is 11.6 Å². The fourth-order valence-corrected chi connectivity index (χ4v) is 4.97. The molecule has 122 valence electrons. The van der Waals surface area contributed by atoms with Gasteiger partial charge in [-0.1, -0.05) is 5.16 Å². The maximum absolute atomic E-state index is 13.2. The highest BCUT2D eigenvalue weighted by atomic mass is 32.1. The molecule has 1 amide bonds. The zero-order valence-corrected chi connectivity index (χ0v) is 14.3. The standard InChI is InChI=1S/C18H22N2O2S/c1-12-10-15(19-22-12)16-7-4-5-9-20(16)18(21)14-11-23-17-8-3-2-6-13(14)17/h10-11,16H,2-9H2,1H3. The van der Waals surface area contributed by atoms with Gasteiger partial charge < -0.3 is 9.42 Å². The molecule has 4 nitrogen and oxygen atoms in total. The van der Waals surface area contributed by atoms with Crippen molar-refractivity contribution in [1.29, 1.82) is 0 Å². The highest BCUT2D eigenvalue weighted by Crippen LogP contribution is 2.35. The SMILES string of the molecule is Cc1cc(C2CCCCN2C(=O)c2csc3c2CCCC3)no1. The Morgan fingerprint density at radius 3 is 3.00 bits per heavy atom. The van der Waals surface area contributed by atoms with E-state index in [1.807, 2.05) is 17.9 Å². The molecule has 0 aromatic carbocycles. The number of aromatic nitrogens is 1. The van der Waals surface area contributed by atoms with Gasteiger partial charge in [0.15, 0.2) is 0 Å². The summed E-state index contributed by atoms with van der Waals surface area (Å²) in [6.07, 6.45) is 7.85. The fraction of sp³-hybridized carbons (Fsp3) is 0.556. The van der Waals surface area contributed by atoms with Gasteiger partial charge in [-0.3, -0.25) is 4.79 Å². The van der Waals surface area contributed by atoms with E-state index in [1.165, 1.54) is 23.3 Å². The normalized spacial score (nSPS) is 21.3. The van der Waals surface area contributed by atoms with E-state index in [2.05, 4.69) is 10.5 Å². The number of rotatable bonds is 2. The van der Waals surface area contributed by atoms with Gasteiger partial charge in [-0.05, 0) is 57.4 Å². The average Bonchev–Trinajstić information content (AvgIpc) is 3.20. The first-order valence-electron chi connectivity index (χ1n) is 8.57. The van der Waals surface area contributed by atoms with Crippen molar-refractivity contribution in [1.82, 2.24) is 10.1 Å². The molecule has 0 bridgehead atoms. The van der Waals surface area contributed by atoms with Crippen molar-refractivity contribution >= 4 is 17.2 Å². The number of fused-ring (bicyclic) bond motifs is 1. The van der Waals surface area contributed by atoms with Crippen molar-refractivity contribution in [3.8, 4) is 0 Å². The van der Waals surface area contributed by atoms with Crippen LogP contribution in [-0.2, 0) is 12.8 Å². The minimum absolute atomic E-state index is 0.0628. The minimum Gasteiger partial charge on any atom is -0.361 e. The van der Waals surface area contributed by atoms with Crippen molar-refractivity contribution in [3.63, 3.8) is 0 Å². The molecule has 2 aliphatic rings. The monoisotopic (exact) mass is 330 g/mol. The lowest BCUT2D eigenvalue weighted by Crippen LogP contribution is -2.39. The number of amides is 1. The average molecular weight is 330 g/mol. The van der Waals surface area contributed by atoms with Gasteiger partial charge in [-0.2, -0.15) is 0 Å². The van der Waals surface area contributed by atoms with Crippen LogP contribution in [0.4, 0.5) is 0 Å². The number of hydrogen-bond donors (Lipinski definition) is 0. The smallest absolute Gasteiger partial charge is 0.255 e. The van der Waals surface area contributed by atoms with Gasteiger partial charge in [-0.25, -0.2) is 0 Å². The zero-order valence-electron chi connectivity index (χ0n) is 13.5. The van der Waals surface area contributed by atoms with E-state index < -0.39 is 0 Å². The molecule has 3 heterocycles. The third-order valence-electron chi connectivity index (χ3n) is 5.04. The number of carbonyl (C=O) groups is 1. The van der Waals surface area contributed by atoms with Crippen LogP contribution >= 0.6 is 11.3 Å². The lowest BCUT2D eigenvalue weighted by Gasteiger charge is -2.34. The van der Waals surface area contributed by atoms with E-state index in [4.69, 9.17) is 4.52 Å². The predicted octanol–water partition coefficient (Wildman–Crippen LogP) is 4.29. The second-order valence-corrected chi connectivity index (χ2v) is 7.59. The molecular weight excluding hydrogens is 308 g/mol. The molecule has 0 N–H and O–H groups in total. The van der Waals surface area contributed by atoms with Gasteiger partial charge in [-0.15, -0.1) is 11.3 Å². The van der Waals surface area contributed by atoms with E-state index in [1.54, 1.807) is 11.3 Å². The van der Waals surface area contributed by atoms with Crippen LogP contribution in [0.2, 0.25) is 0 Å². The summed E-state index contributed by atoms with van der Waals surface area (Å²) in [7, 11) is 0. The Balaban J connectivity index is 1.64. The van der Waals surface area contributed by atoms with Crippen molar-refractivity contribution in [2.75, 3.05) is 6.54 Å². The number of hydrogen-bond acceptors (Lipinski definition) is 4. The minimum atomic E-state index is 0.0628. The Hall–Kier alpha value is -1.62. The maximum atomic E-state index is 13.2. The van der Waals surface area contributed by atoms with Crippen molar-refractivity contribution in [3.05, 3.63) is 38.9 Å². The summed E-state index contributed by atoms with van der Waals surface area (Å²) in [5.41, 5.74) is 3.16. The second-order valence-electron chi connectivity index (χ2n) is 6.63. The molecule has 23 heavy (non-hydrogen) atoms. The molecule has 2 aromatic rings. The van der Waals surface area contributed by atoms with Crippen molar-refractivity contribution in [2.24, 2.45) is 0 Å². The first-order valence-corrected chi connectivity index (χ1v) is 9.45. The first kappa shape index (κ1) is 14.9. The van der Waals surface area contributed by atoms with E-state index in [0.717, 1.165) is 55.7 Å². The summed E-state index contributed by atoms with van der Waals surface area (Å²) in [5.74, 6) is 1.00. The summed E-state index contributed by atoms with van der Waals surface area (Å²) in [4.78, 5) is 16.6. The molecule has 1 aliphatic heterocycles. The van der Waals surface area contributed by atoms with Gasteiger partial charge in [0, 0.05) is 22.9 Å². The number of carbonyl (C=O) groups excluding carboxylic acids is 1. The van der Waals surface area contributed by atoms with Crippen LogP contribution in [0.15, 0.2) is 16.0 Å². The summed E-state index contributed by atoms with van der Waals surface area (Å²) < 4.78 is 5.24. The van der Waals surface area contributed by atoms with Gasteiger partial charge in [0.2, 0.25) is 0 Å². The Morgan fingerprint density at radius 2 is 2.17 bits per heavy atom. The van der Waals surface area contributed by atoms with Crippen LogP contribution in [0, 0.1) is 6.92 Å². The van der Waals surface area contributed by atoms with Crippen molar-refractivity contribution < 1.29 is 9.32 Å². The zero-order chi connectivity index (χ0) is 15.8. The molecule has 1 fully saturated rings.